The van der Waals surface area contributed by atoms with E-state index >= 15 is 0 Å². The van der Waals surface area contributed by atoms with Crippen molar-refractivity contribution >= 4 is 15.3 Å². The molecule has 0 spiro atoms. The maximum atomic E-state index is 11.8. The molecule has 0 atom stereocenters. The molecule has 0 nitrogen and oxygen atoms in total. The van der Waals surface area contributed by atoms with Crippen molar-refractivity contribution in [2.45, 2.75) is 4.75 Å². The van der Waals surface area contributed by atoms with Gasteiger partial charge >= 0.3 is 51.3 Å². The van der Waals surface area contributed by atoms with Crippen molar-refractivity contribution in [1.29, 1.82) is 0 Å². The minimum atomic E-state index is -3.80. The van der Waals surface area contributed by atoms with Gasteiger partial charge in [-0.2, -0.15) is 0 Å². The van der Waals surface area contributed by atoms with Gasteiger partial charge in [-0.15, -0.1) is 0 Å². The second-order valence-corrected chi connectivity index (χ2v) is 4.70. The second kappa shape index (κ2) is 2.44. The zero-order valence-electron chi connectivity index (χ0n) is 4.22. The third kappa shape index (κ3) is 1.18. The number of allylic oxidation sites excluding steroid dienone is 4. The Balaban J connectivity index is 2.49. The minimum absolute atomic E-state index is 0.442. The average molecular weight is 177 g/mol. The summed E-state index contributed by atoms with van der Waals surface area (Å²) in [4.78, 5) is 0. The molecule has 0 N–H and O–H groups in total. The molecule has 0 fully saturated rings. The van der Waals surface area contributed by atoms with Crippen LogP contribution < -0.4 is 0 Å². The molecule has 44 valence electrons. The SMILES string of the molecule is [F][GeH]([F])[CH]1C=CC=C1. The van der Waals surface area contributed by atoms with Gasteiger partial charge in [0.1, 0.15) is 0 Å². The summed E-state index contributed by atoms with van der Waals surface area (Å²) in [6.45, 7) is 0. The van der Waals surface area contributed by atoms with Crippen LogP contribution in [0.4, 0.5) is 7.00 Å². The van der Waals surface area contributed by atoms with Gasteiger partial charge in [-0.1, -0.05) is 0 Å². The van der Waals surface area contributed by atoms with Crippen molar-refractivity contribution in [1.82, 2.24) is 0 Å². The molecule has 0 radical (unpaired) electrons. The Kier molecular flexibility index (Phi) is 1.83. The fraction of sp³-hybridized carbons (Fsp3) is 0.200. The molecule has 3 heteroatoms. The number of hydrogen-bond acceptors (Lipinski definition) is 0. The van der Waals surface area contributed by atoms with E-state index in [1.54, 1.807) is 24.3 Å². The summed E-state index contributed by atoms with van der Waals surface area (Å²) in [7, 11) is 0. The van der Waals surface area contributed by atoms with E-state index in [4.69, 9.17) is 0 Å². The Morgan fingerprint density at radius 1 is 1.12 bits per heavy atom. The first-order chi connectivity index (χ1) is 3.80. The van der Waals surface area contributed by atoms with E-state index < -0.39 is 20.0 Å². The second-order valence-electron chi connectivity index (χ2n) is 1.68. The molecule has 0 aromatic rings. The molecule has 0 aromatic heterocycles. The van der Waals surface area contributed by atoms with E-state index in [1.165, 1.54) is 0 Å². The first kappa shape index (κ1) is 6.01. The van der Waals surface area contributed by atoms with Crippen LogP contribution in [0.5, 0.6) is 0 Å². The third-order valence-corrected chi connectivity index (χ3v) is 3.22. The van der Waals surface area contributed by atoms with E-state index in [1.807, 2.05) is 0 Å². The summed E-state index contributed by atoms with van der Waals surface area (Å²) in [5, 5.41) is 0. The van der Waals surface area contributed by atoms with Crippen molar-refractivity contribution in [2.24, 2.45) is 0 Å². The predicted octanol–water partition coefficient (Wildman–Crippen LogP) is 1.64. The van der Waals surface area contributed by atoms with E-state index in [-0.39, 0.29) is 0 Å². The summed E-state index contributed by atoms with van der Waals surface area (Å²) in [5.41, 5.74) is 0. The van der Waals surface area contributed by atoms with E-state index in [0.717, 1.165) is 0 Å². The van der Waals surface area contributed by atoms with Gasteiger partial charge in [-0.25, -0.2) is 0 Å². The molecule has 0 saturated carbocycles. The third-order valence-electron chi connectivity index (χ3n) is 1.07. The molecule has 0 bridgehead atoms. The van der Waals surface area contributed by atoms with Crippen LogP contribution in [0.15, 0.2) is 24.3 Å². The Bertz CT molecular complexity index is 116. The molecule has 8 heavy (non-hydrogen) atoms. The van der Waals surface area contributed by atoms with Crippen molar-refractivity contribution in [3.8, 4) is 0 Å². The van der Waals surface area contributed by atoms with Crippen molar-refractivity contribution in [3.05, 3.63) is 24.3 Å². The van der Waals surface area contributed by atoms with Crippen LogP contribution >= 0.6 is 0 Å². The molecule has 1 aliphatic carbocycles. The molecule has 0 amide bonds. The normalized spacial score (nSPS) is 18.9. The van der Waals surface area contributed by atoms with Crippen LogP contribution in [0.25, 0.3) is 0 Å². The Labute approximate surface area is 52.0 Å². The standard InChI is InChI=1S/C5H6F2Ge/c6-8(7)5-3-1-2-4-5/h1-5,8H. The number of rotatable bonds is 1. The number of halogens is 2. The van der Waals surface area contributed by atoms with Gasteiger partial charge in [0.25, 0.3) is 0 Å². The van der Waals surface area contributed by atoms with E-state index in [2.05, 4.69) is 0 Å². The van der Waals surface area contributed by atoms with Crippen molar-refractivity contribution in [3.63, 3.8) is 0 Å². The molecule has 0 aromatic carbocycles. The van der Waals surface area contributed by atoms with Crippen LogP contribution in [-0.4, -0.2) is 15.3 Å². The summed E-state index contributed by atoms with van der Waals surface area (Å²) >= 11 is -3.80. The topological polar surface area (TPSA) is 0 Å². The summed E-state index contributed by atoms with van der Waals surface area (Å²) in [5.74, 6) is 0. The molecule has 1 rings (SSSR count). The quantitative estimate of drug-likeness (QED) is 0.533. The maximum absolute atomic E-state index is 11.8. The predicted molar refractivity (Wildman–Crippen MR) is 31.4 cm³/mol. The molecule has 0 aliphatic heterocycles. The first-order valence-corrected chi connectivity index (χ1v) is 5.67. The van der Waals surface area contributed by atoms with Gasteiger partial charge in [-0.05, 0) is 0 Å². The monoisotopic (exact) mass is 178 g/mol. The van der Waals surface area contributed by atoms with Gasteiger partial charge in [0.05, 0.1) is 0 Å². The van der Waals surface area contributed by atoms with Gasteiger partial charge in [0.15, 0.2) is 0 Å². The fourth-order valence-corrected chi connectivity index (χ4v) is 1.86. The van der Waals surface area contributed by atoms with E-state index in [9.17, 15) is 7.00 Å². The average Bonchev–Trinajstić information content (AvgIpc) is 2.12. The number of hydrogen-bond donors (Lipinski definition) is 0. The zero-order chi connectivity index (χ0) is 5.98. The van der Waals surface area contributed by atoms with Crippen molar-refractivity contribution in [2.75, 3.05) is 0 Å². The summed E-state index contributed by atoms with van der Waals surface area (Å²) in [6.07, 6.45) is 6.51. The fourth-order valence-electron chi connectivity index (χ4n) is 0.617. The van der Waals surface area contributed by atoms with Gasteiger partial charge in [0.2, 0.25) is 0 Å². The Hall–Kier alpha value is -0.117. The summed E-state index contributed by atoms with van der Waals surface area (Å²) < 4.78 is 23.2. The molecular formula is C5H6F2Ge. The molecular weight excluding hydrogens is 171 g/mol. The molecule has 0 saturated heterocycles. The van der Waals surface area contributed by atoms with Gasteiger partial charge in [-0.3, -0.25) is 0 Å². The summed E-state index contributed by atoms with van der Waals surface area (Å²) in [6, 6.07) is 0. The van der Waals surface area contributed by atoms with Crippen LogP contribution in [-0.2, 0) is 0 Å². The van der Waals surface area contributed by atoms with Crippen molar-refractivity contribution < 1.29 is 7.00 Å². The molecule has 0 unspecified atom stereocenters. The molecule has 0 heterocycles. The van der Waals surface area contributed by atoms with Crippen LogP contribution in [0.2, 0.25) is 4.75 Å². The van der Waals surface area contributed by atoms with Crippen LogP contribution in [0.1, 0.15) is 0 Å². The van der Waals surface area contributed by atoms with E-state index in [0.29, 0.717) is 0 Å². The van der Waals surface area contributed by atoms with Gasteiger partial charge in [0, 0.05) is 0 Å². The van der Waals surface area contributed by atoms with Gasteiger partial charge < -0.3 is 0 Å². The Morgan fingerprint density at radius 3 is 1.88 bits per heavy atom. The first-order valence-electron chi connectivity index (χ1n) is 2.44. The van der Waals surface area contributed by atoms with Crippen LogP contribution in [0, 0.1) is 0 Å². The van der Waals surface area contributed by atoms with Crippen LogP contribution in [0.3, 0.4) is 0 Å². The Morgan fingerprint density at radius 2 is 1.62 bits per heavy atom. The zero-order valence-corrected chi connectivity index (χ0v) is 6.64. The molecule has 1 aliphatic rings.